The summed E-state index contributed by atoms with van der Waals surface area (Å²) in [6.45, 7) is 6.91. The molecule has 1 saturated heterocycles. The van der Waals surface area contributed by atoms with Gasteiger partial charge in [0.05, 0.1) is 14.2 Å². The number of cyclic esters (lactones) is 1. The van der Waals surface area contributed by atoms with Crippen molar-refractivity contribution in [1.82, 2.24) is 4.90 Å². The average molecular weight is 497 g/mol. The van der Waals surface area contributed by atoms with Gasteiger partial charge in [-0.1, -0.05) is 11.6 Å². The molecule has 7 nitrogen and oxygen atoms in total. The third-order valence-corrected chi connectivity index (χ3v) is 7.04. The van der Waals surface area contributed by atoms with Crippen LogP contribution in [-0.4, -0.2) is 57.2 Å². The van der Waals surface area contributed by atoms with E-state index in [1.165, 1.54) is 12.1 Å². The quantitative estimate of drug-likeness (QED) is 0.398. The van der Waals surface area contributed by atoms with Gasteiger partial charge in [-0.05, 0) is 56.5 Å². The number of amides is 1. The fourth-order valence-corrected chi connectivity index (χ4v) is 4.94. The summed E-state index contributed by atoms with van der Waals surface area (Å²) in [5, 5.41) is 0. The van der Waals surface area contributed by atoms with Gasteiger partial charge in [0, 0.05) is 49.4 Å². The molecular weight excluding hydrogens is 463 g/mol. The molecule has 0 aromatic heterocycles. The molecule has 0 aliphatic carbocycles. The summed E-state index contributed by atoms with van der Waals surface area (Å²) >= 11 is 0. The van der Waals surface area contributed by atoms with Crippen LogP contribution in [0, 0.1) is 12.7 Å². The van der Waals surface area contributed by atoms with Crippen molar-refractivity contribution < 1.29 is 28.2 Å². The van der Waals surface area contributed by atoms with E-state index in [-0.39, 0.29) is 24.3 Å². The van der Waals surface area contributed by atoms with Crippen molar-refractivity contribution in [3.05, 3.63) is 64.0 Å². The number of fused-ring (bicyclic) bond motifs is 1. The summed E-state index contributed by atoms with van der Waals surface area (Å²) in [6.07, 6.45) is 3.66. The van der Waals surface area contributed by atoms with Crippen LogP contribution in [0.2, 0.25) is 0 Å². The maximum absolute atomic E-state index is 13.2. The Morgan fingerprint density at radius 1 is 1.06 bits per heavy atom. The van der Waals surface area contributed by atoms with Crippen LogP contribution in [-0.2, 0) is 22.6 Å². The van der Waals surface area contributed by atoms with Crippen LogP contribution >= 0.6 is 0 Å². The smallest absolute Gasteiger partial charge is 0.342 e. The minimum atomic E-state index is -0.375. The SMILES string of the molecule is COc1c(C)c2c(c(OC)c1C/C=C(\C)CCC(=O)N1CCN(c3ccc(F)cc3)CC1)C(=O)OC2. The molecule has 4 rings (SSSR count). The van der Waals surface area contributed by atoms with E-state index in [1.54, 1.807) is 26.4 Å². The highest BCUT2D eigenvalue weighted by molar-refractivity contribution is 5.98. The number of methoxy groups -OCH3 is 2. The van der Waals surface area contributed by atoms with Gasteiger partial charge in [0.25, 0.3) is 0 Å². The van der Waals surface area contributed by atoms with Crippen molar-refractivity contribution in [1.29, 1.82) is 0 Å². The largest absolute Gasteiger partial charge is 0.496 e. The molecule has 36 heavy (non-hydrogen) atoms. The maximum atomic E-state index is 13.2. The van der Waals surface area contributed by atoms with E-state index in [0.717, 1.165) is 41.0 Å². The van der Waals surface area contributed by atoms with Crippen LogP contribution in [0.15, 0.2) is 35.9 Å². The third kappa shape index (κ3) is 5.17. The van der Waals surface area contributed by atoms with Crippen molar-refractivity contribution in [2.75, 3.05) is 45.3 Å². The molecule has 0 atom stereocenters. The molecule has 2 heterocycles. The number of hydrogen-bond acceptors (Lipinski definition) is 6. The first-order valence-corrected chi connectivity index (χ1v) is 12.2. The van der Waals surface area contributed by atoms with E-state index in [1.807, 2.05) is 18.7 Å². The van der Waals surface area contributed by atoms with Crippen molar-refractivity contribution in [2.45, 2.75) is 39.7 Å². The van der Waals surface area contributed by atoms with Crippen LogP contribution < -0.4 is 14.4 Å². The summed E-state index contributed by atoms with van der Waals surface area (Å²) in [4.78, 5) is 29.2. The van der Waals surface area contributed by atoms with E-state index in [0.29, 0.717) is 49.4 Å². The van der Waals surface area contributed by atoms with Crippen molar-refractivity contribution in [3.8, 4) is 11.5 Å². The van der Waals surface area contributed by atoms with Crippen LogP contribution in [0.4, 0.5) is 10.1 Å². The fraction of sp³-hybridized carbons (Fsp3) is 0.429. The lowest BCUT2D eigenvalue weighted by atomic mass is 9.94. The first kappa shape index (κ1) is 25.5. The second kappa shape index (κ2) is 11.0. The van der Waals surface area contributed by atoms with Crippen LogP contribution in [0.5, 0.6) is 11.5 Å². The Hall–Kier alpha value is -3.55. The number of piperazine rings is 1. The lowest BCUT2D eigenvalue weighted by molar-refractivity contribution is -0.131. The average Bonchev–Trinajstić information content (AvgIpc) is 3.28. The molecule has 1 fully saturated rings. The highest BCUT2D eigenvalue weighted by atomic mass is 19.1. The number of ether oxygens (including phenoxy) is 3. The van der Waals surface area contributed by atoms with Crippen molar-refractivity contribution in [3.63, 3.8) is 0 Å². The second-order valence-corrected chi connectivity index (χ2v) is 9.20. The number of halogens is 1. The van der Waals surface area contributed by atoms with E-state index in [4.69, 9.17) is 14.2 Å². The Bertz CT molecular complexity index is 1170. The normalized spacial score (nSPS) is 15.6. The Morgan fingerprint density at radius 2 is 1.72 bits per heavy atom. The Kier molecular flexibility index (Phi) is 7.82. The van der Waals surface area contributed by atoms with Gasteiger partial charge in [0.2, 0.25) is 5.91 Å². The number of rotatable bonds is 8. The van der Waals surface area contributed by atoms with E-state index >= 15 is 0 Å². The first-order valence-electron chi connectivity index (χ1n) is 12.2. The molecule has 0 spiro atoms. The number of nitrogens with zero attached hydrogens (tertiary/aromatic N) is 2. The first-order chi connectivity index (χ1) is 17.3. The van der Waals surface area contributed by atoms with Crippen LogP contribution in [0.3, 0.4) is 0 Å². The highest BCUT2D eigenvalue weighted by Crippen LogP contribution is 2.42. The molecule has 0 bridgehead atoms. The Labute approximate surface area is 211 Å². The zero-order chi connectivity index (χ0) is 25.8. The molecule has 0 radical (unpaired) electrons. The van der Waals surface area contributed by atoms with Gasteiger partial charge in [0.1, 0.15) is 29.5 Å². The number of benzene rings is 2. The maximum Gasteiger partial charge on any atom is 0.342 e. The Balaban J connectivity index is 1.36. The molecule has 0 unspecified atom stereocenters. The minimum Gasteiger partial charge on any atom is -0.496 e. The van der Waals surface area contributed by atoms with E-state index in [9.17, 15) is 14.0 Å². The zero-order valence-electron chi connectivity index (χ0n) is 21.4. The molecule has 0 saturated carbocycles. The van der Waals surface area contributed by atoms with Gasteiger partial charge < -0.3 is 24.0 Å². The van der Waals surface area contributed by atoms with Crippen LogP contribution in [0.1, 0.15) is 46.8 Å². The summed E-state index contributed by atoms with van der Waals surface area (Å²) in [6, 6.07) is 6.47. The minimum absolute atomic E-state index is 0.132. The zero-order valence-corrected chi connectivity index (χ0v) is 21.4. The summed E-state index contributed by atoms with van der Waals surface area (Å²) in [5.74, 6) is 0.700. The van der Waals surface area contributed by atoms with Gasteiger partial charge in [0.15, 0.2) is 0 Å². The highest BCUT2D eigenvalue weighted by Gasteiger charge is 2.32. The number of allylic oxidation sites excluding steroid dienone is 2. The topological polar surface area (TPSA) is 68.3 Å². The summed E-state index contributed by atoms with van der Waals surface area (Å²) in [5.41, 5.74) is 5.03. The van der Waals surface area contributed by atoms with Crippen LogP contribution in [0.25, 0.3) is 0 Å². The standard InChI is InChI=1S/C28H33FN2O5/c1-18(5-11-22-26(34-3)19(2)23-17-36-28(33)25(23)27(22)35-4)6-12-24(32)31-15-13-30(14-16-31)21-9-7-20(29)8-10-21/h5,7-10H,6,11-17H2,1-4H3/b18-5+. The van der Waals surface area contributed by atoms with Crippen molar-refractivity contribution >= 4 is 17.6 Å². The molecule has 2 aromatic rings. The molecule has 2 aliphatic heterocycles. The third-order valence-electron chi connectivity index (χ3n) is 7.04. The Morgan fingerprint density at radius 3 is 2.36 bits per heavy atom. The summed E-state index contributed by atoms with van der Waals surface area (Å²) in [7, 11) is 3.16. The number of hydrogen-bond donors (Lipinski definition) is 0. The predicted molar refractivity (Wildman–Crippen MR) is 135 cm³/mol. The lowest BCUT2D eigenvalue weighted by Gasteiger charge is -2.36. The monoisotopic (exact) mass is 496 g/mol. The number of carbonyl (C=O) groups is 2. The molecule has 192 valence electrons. The molecule has 1 amide bonds. The van der Waals surface area contributed by atoms with E-state index in [2.05, 4.69) is 11.0 Å². The number of carbonyl (C=O) groups excluding carboxylic acids is 2. The molecule has 8 heteroatoms. The molecular formula is C28H33FN2O5. The number of esters is 1. The van der Waals surface area contributed by atoms with Gasteiger partial charge >= 0.3 is 5.97 Å². The van der Waals surface area contributed by atoms with E-state index < -0.39 is 0 Å². The van der Waals surface area contributed by atoms with Gasteiger partial charge in [-0.2, -0.15) is 0 Å². The predicted octanol–water partition coefficient (Wildman–Crippen LogP) is 4.44. The second-order valence-electron chi connectivity index (χ2n) is 9.20. The summed E-state index contributed by atoms with van der Waals surface area (Å²) < 4.78 is 29.7. The lowest BCUT2D eigenvalue weighted by Crippen LogP contribution is -2.48. The van der Waals surface area contributed by atoms with Gasteiger partial charge in [-0.15, -0.1) is 0 Å². The fourth-order valence-electron chi connectivity index (χ4n) is 4.94. The molecule has 2 aliphatic rings. The molecule has 0 N–H and O–H groups in total. The number of anilines is 1. The van der Waals surface area contributed by atoms with Gasteiger partial charge in [-0.3, -0.25) is 4.79 Å². The molecule has 2 aromatic carbocycles. The van der Waals surface area contributed by atoms with Gasteiger partial charge in [-0.25, -0.2) is 9.18 Å². The van der Waals surface area contributed by atoms with Crippen molar-refractivity contribution in [2.24, 2.45) is 0 Å².